The van der Waals surface area contributed by atoms with Gasteiger partial charge in [0.15, 0.2) is 16.6 Å². The Kier molecular flexibility index (Phi) is 8.27. The smallest absolute Gasteiger partial charge is 0.260 e. The molecule has 9 nitrogen and oxygen atoms in total. The van der Waals surface area contributed by atoms with E-state index in [1.807, 2.05) is 51.2 Å². The lowest BCUT2D eigenvalue weighted by atomic mass is 10.1. The number of thiazole rings is 1. The first-order valence-electron chi connectivity index (χ1n) is 11.9. The van der Waals surface area contributed by atoms with Crippen LogP contribution in [0, 0.1) is 0 Å². The van der Waals surface area contributed by atoms with Crippen molar-refractivity contribution in [1.29, 1.82) is 0 Å². The number of carbonyl (C=O) groups excluding carboxylic acids is 1. The zero-order valence-corrected chi connectivity index (χ0v) is 21.7. The third-order valence-corrected chi connectivity index (χ3v) is 6.37. The molecule has 0 atom stereocenters. The van der Waals surface area contributed by atoms with Gasteiger partial charge in [-0.1, -0.05) is 11.3 Å². The van der Waals surface area contributed by atoms with Crippen LogP contribution in [0.4, 0.5) is 5.13 Å². The Labute approximate surface area is 214 Å². The monoisotopic (exact) mass is 510 g/mol. The van der Waals surface area contributed by atoms with Gasteiger partial charge in [-0.05, 0) is 57.2 Å². The van der Waals surface area contributed by atoms with Crippen molar-refractivity contribution in [1.82, 2.24) is 14.8 Å². The zero-order valence-electron chi connectivity index (χ0n) is 20.9. The van der Waals surface area contributed by atoms with Gasteiger partial charge in [-0.25, -0.2) is 4.98 Å². The van der Waals surface area contributed by atoms with Crippen molar-refractivity contribution in [3.05, 3.63) is 54.4 Å². The van der Waals surface area contributed by atoms with Crippen LogP contribution in [0.3, 0.4) is 0 Å². The van der Waals surface area contributed by atoms with E-state index >= 15 is 0 Å². The third-order valence-electron chi connectivity index (χ3n) is 5.33. The van der Waals surface area contributed by atoms with E-state index in [0.29, 0.717) is 60.9 Å². The molecule has 4 rings (SSSR count). The Hall–Kier alpha value is -3.79. The first kappa shape index (κ1) is 25.3. The number of aromatic nitrogens is 3. The molecule has 0 aliphatic heterocycles. The predicted octanol–water partition coefficient (Wildman–Crippen LogP) is 5.04. The average molecular weight is 511 g/mol. The van der Waals surface area contributed by atoms with Gasteiger partial charge < -0.3 is 18.9 Å². The second-order valence-electron chi connectivity index (χ2n) is 7.66. The molecular weight excluding hydrogens is 480 g/mol. The molecule has 0 N–H and O–H groups in total. The quantitative estimate of drug-likeness (QED) is 0.264. The minimum absolute atomic E-state index is 0.224. The van der Waals surface area contributed by atoms with Crippen LogP contribution in [0.1, 0.15) is 31.1 Å². The average Bonchev–Trinajstić information content (AvgIpc) is 3.55. The highest BCUT2D eigenvalue weighted by Gasteiger charge is 2.25. The molecule has 0 aliphatic rings. The molecule has 0 aliphatic carbocycles. The van der Waals surface area contributed by atoms with Gasteiger partial charge in [0.25, 0.3) is 5.91 Å². The molecular formula is C26H30N4O5S. The van der Waals surface area contributed by atoms with E-state index in [-0.39, 0.29) is 5.91 Å². The van der Waals surface area contributed by atoms with E-state index in [9.17, 15) is 4.79 Å². The summed E-state index contributed by atoms with van der Waals surface area (Å²) in [6.07, 6.45) is 3.58. The normalized spacial score (nSPS) is 10.9. The summed E-state index contributed by atoms with van der Waals surface area (Å²) in [6.45, 7) is 7.83. The number of nitrogens with zero attached hydrogens (tertiary/aromatic N) is 4. The lowest BCUT2D eigenvalue weighted by molar-refractivity contribution is 0.0984. The summed E-state index contributed by atoms with van der Waals surface area (Å²) in [7, 11) is 1.63. The summed E-state index contributed by atoms with van der Waals surface area (Å²) >= 11 is 1.43. The van der Waals surface area contributed by atoms with Crippen molar-refractivity contribution >= 4 is 32.6 Å². The van der Waals surface area contributed by atoms with Crippen LogP contribution in [-0.2, 0) is 6.54 Å². The van der Waals surface area contributed by atoms with Gasteiger partial charge in [-0.3, -0.25) is 14.4 Å². The minimum atomic E-state index is -0.224. The Morgan fingerprint density at radius 2 is 1.75 bits per heavy atom. The number of benzene rings is 2. The third kappa shape index (κ3) is 5.54. The van der Waals surface area contributed by atoms with Gasteiger partial charge >= 0.3 is 0 Å². The summed E-state index contributed by atoms with van der Waals surface area (Å²) in [5.41, 5.74) is 1.21. The number of carbonyl (C=O) groups is 1. The molecule has 0 fully saturated rings. The number of hydrogen-bond donors (Lipinski definition) is 0. The Bertz CT molecular complexity index is 1280. The fourth-order valence-electron chi connectivity index (χ4n) is 3.72. The van der Waals surface area contributed by atoms with Gasteiger partial charge in [0.2, 0.25) is 5.75 Å². The summed E-state index contributed by atoms with van der Waals surface area (Å²) in [5.74, 6) is 1.94. The lowest BCUT2D eigenvalue weighted by Gasteiger charge is -2.22. The lowest BCUT2D eigenvalue weighted by Crippen LogP contribution is -2.34. The first-order chi connectivity index (χ1) is 17.6. The standard InChI is InChI=1S/C26H30N4O5S/c1-5-33-21-15-18(16-22(34-6-2)24(21)35-7-3)25(31)30(14-13-29-12-8-11-27-29)26-28-20-10-9-19(32-4)17-23(20)36-26/h8-12,15-17H,5-7,13-14H2,1-4H3. The topological polar surface area (TPSA) is 87.9 Å². The number of amides is 1. The van der Waals surface area contributed by atoms with Crippen molar-refractivity contribution in [2.75, 3.05) is 38.4 Å². The summed E-state index contributed by atoms with van der Waals surface area (Å²) in [6, 6.07) is 10.9. The molecule has 2 aromatic heterocycles. The molecule has 2 aromatic carbocycles. The number of rotatable bonds is 12. The maximum Gasteiger partial charge on any atom is 0.260 e. The Morgan fingerprint density at radius 3 is 2.36 bits per heavy atom. The van der Waals surface area contributed by atoms with Crippen LogP contribution in [0.25, 0.3) is 10.2 Å². The maximum absolute atomic E-state index is 14.0. The van der Waals surface area contributed by atoms with Crippen LogP contribution >= 0.6 is 11.3 Å². The summed E-state index contributed by atoms with van der Waals surface area (Å²) in [4.78, 5) is 20.4. The van der Waals surface area contributed by atoms with Crippen molar-refractivity contribution in [3.8, 4) is 23.0 Å². The van der Waals surface area contributed by atoms with E-state index in [4.69, 9.17) is 23.9 Å². The molecule has 0 spiro atoms. The van der Waals surface area contributed by atoms with Gasteiger partial charge in [0.05, 0.1) is 43.7 Å². The maximum atomic E-state index is 14.0. The van der Waals surface area contributed by atoms with Gasteiger partial charge in [-0.2, -0.15) is 5.10 Å². The molecule has 0 bridgehead atoms. The van der Waals surface area contributed by atoms with Crippen molar-refractivity contribution < 1.29 is 23.7 Å². The highest BCUT2D eigenvalue weighted by Crippen LogP contribution is 2.40. The second-order valence-corrected chi connectivity index (χ2v) is 8.67. The molecule has 4 aromatic rings. The Balaban J connectivity index is 1.76. The van der Waals surface area contributed by atoms with E-state index < -0.39 is 0 Å². The fraction of sp³-hybridized carbons (Fsp3) is 0.346. The molecule has 0 saturated carbocycles. The number of methoxy groups -OCH3 is 1. The molecule has 1 amide bonds. The largest absolute Gasteiger partial charge is 0.497 e. The number of hydrogen-bond acceptors (Lipinski definition) is 8. The Morgan fingerprint density at radius 1 is 1.03 bits per heavy atom. The number of fused-ring (bicyclic) bond motifs is 1. The highest BCUT2D eigenvalue weighted by atomic mass is 32.1. The second kappa shape index (κ2) is 11.8. The summed E-state index contributed by atoms with van der Waals surface area (Å²) in [5, 5.41) is 4.86. The molecule has 190 valence electrons. The van der Waals surface area contributed by atoms with E-state index in [2.05, 4.69) is 5.10 Å². The van der Waals surface area contributed by atoms with Crippen molar-refractivity contribution in [3.63, 3.8) is 0 Å². The van der Waals surface area contributed by atoms with Crippen LogP contribution < -0.4 is 23.8 Å². The van der Waals surface area contributed by atoms with Crippen LogP contribution in [-0.4, -0.2) is 54.1 Å². The van der Waals surface area contributed by atoms with Crippen molar-refractivity contribution in [2.24, 2.45) is 0 Å². The van der Waals surface area contributed by atoms with Crippen molar-refractivity contribution in [2.45, 2.75) is 27.3 Å². The van der Waals surface area contributed by atoms with Gasteiger partial charge in [0, 0.05) is 24.5 Å². The molecule has 36 heavy (non-hydrogen) atoms. The fourth-order valence-corrected chi connectivity index (χ4v) is 4.74. The van der Waals surface area contributed by atoms with Crippen LogP contribution in [0.2, 0.25) is 0 Å². The first-order valence-corrected chi connectivity index (χ1v) is 12.7. The molecule has 2 heterocycles. The van der Waals surface area contributed by atoms with Crippen LogP contribution in [0.5, 0.6) is 23.0 Å². The molecule has 0 radical (unpaired) electrons. The SMILES string of the molecule is CCOc1cc(C(=O)N(CCn2cccn2)c2nc3ccc(OC)cc3s2)cc(OCC)c1OCC. The summed E-state index contributed by atoms with van der Waals surface area (Å²) < 4.78 is 25.5. The van der Waals surface area contributed by atoms with Crippen LogP contribution in [0.15, 0.2) is 48.8 Å². The zero-order chi connectivity index (χ0) is 25.5. The van der Waals surface area contributed by atoms with E-state index in [0.717, 1.165) is 16.0 Å². The molecule has 0 saturated heterocycles. The molecule has 10 heteroatoms. The van der Waals surface area contributed by atoms with Gasteiger partial charge in [-0.15, -0.1) is 0 Å². The van der Waals surface area contributed by atoms with Gasteiger partial charge in [0.1, 0.15) is 5.75 Å². The van der Waals surface area contributed by atoms with E-state index in [1.54, 1.807) is 35.0 Å². The van der Waals surface area contributed by atoms with E-state index in [1.165, 1.54) is 11.3 Å². The predicted molar refractivity (Wildman–Crippen MR) is 140 cm³/mol. The number of anilines is 1. The number of ether oxygens (including phenoxy) is 4. The molecule has 0 unspecified atom stereocenters. The highest BCUT2D eigenvalue weighted by molar-refractivity contribution is 7.22. The minimum Gasteiger partial charge on any atom is -0.497 e.